The molecule has 1 unspecified atom stereocenters. The van der Waals surface area contributed by atoms with Crippen LogP contribution in [0.1, 0.15) is 18.4 Å². The minimum Gasteiger partial charge on any atom is -0.611 e. The van der Waals surface area contributed by atoms with Crippen molar-refractivity contribution in [3.8, 4) is 0 Å². The Hall–Kier alpha value is -1.49. The highest BCUT2D eigenvalue weighted by molar-refractivity contribution is 7.91. The van der Waals surface area contributed by atoms with E-state index in [0.29, 0.717) is 18.9 Å². The molecule has 1 fully saturated rings. The fraction of sp³-hybridized carbons (Fsp3) is 0.533. The third-order valence-corrected chi connectivity index (χ3v) is 5.19. The quantitative estimate of drug-likeness (QED) is 0.322. The van der Waals surface area contributed by atoms with Crippen LogP contribution in [-0.2, 0) is 11.2 Å². The van der Waals surface area contributed by atoms with E-state index in [1.807, 2.05) is 0 Å². The monoisotopic (exact) mass is 404 g/mol. The first-order chi connectivity index (χ1) is 11.9. The van der Waals surface area contributed by atoms with Gasteiger partial charge in [0.2, 0.25) is 11.6 Å². The zero-order valence-electron chi connectivity index (χ0n) is 13.5. The van der Waals surface area contributed by atoms with Crippen molar-refractivity contribution in [3.05, 3.63) is 23.5 Å². The molecule has 1 aliphatic rings. The Labute approximate surface area is 148 Å². The van der Waals surface area contributed by atoms with E-state index in [1.54, 1.807) is 0 Å². The molecular formula is C15H15F7N2OS. The molecule has 1 aromatic rings. The first-order valence-corrected chi connectivity index (χ1v) is 8.86. The Balaban J connectivity index is 2.46. The van der Waals surface area contributed by atoms with E-state index in [0.717, 1.165) is 11.0 Å². The predicted octanol–water partition coefficient (Wildman–Crippen LogP) is 4.49. The van der Waals surface area contributed by atoms with E-state index in [4.69, 9.17) is 0 Å². The van der Waals surface area contributed by atoms with Crippen molar-refractivity contribution in [3.63, 3.8) is 0 Å². The molecule has 0 aliphatic carbocycles. The van der Waals surface area contributed by atoms with Crippen molar-refractivity contribution in [2.45, 2.75) is 37.0 Å². The Kier molecular flexibility index (Phi) is 6.11. The zero-order valence-corrected chi connectivity index (χ0v) is 14.4. The number of aliphatic imine (C=N–C) groups is 1. The van der Waals surface area contributed by atoms with Gasteiger partial charge in [-0.3, -0.25) is 0 Å². The number of rotatable bonds is 3. The molecule has 0 N–H and O–H groups in total. The van der Waals surface area contributed by atoms with Gasteiger partial charge in [0, 0.05) is 24.7 Å². The molecule has 0 saturated carbocycles. The van der Waals surface area contributed by atoms with Gasteiger partial charge in [-0.05, 0) is 37.0 Å². The number of aryl methyl sites for hydroxylation is 1. The van der Waals surface area contributed by atoms with Crippen LogP contribution in [0.15, 0.2) is 22.0 Å². The van der Waals surface area contributed by atoms with Gasteiger partial charge >= 0.3 is 12.4 Å². The smallest absolute Gasteiger partial charge is 0.449 e. The molecule has 0 bridgehead atoms. The second-order valence-electron chi connectivity index (χ2n) is 5.80. The summed E-state index contributed by atoms with van der Waals surface area (Å²) in [7, 11) is 0. The molecule has 1 atom stereocenters. The van der Waals surface area contributed by atoms with Crippen LogP contribution >= 0.6 is 0 Å². The van der Waals surface area contributed by atoms with Crippen LogP contribution < -0.4 is 0 Å². The molecule has 146 valence electrons. The topological polar surface area (TPSA) is 38.7 Å². The van der Waals surface area contributed by atoms with Gasteiger partial charge in [0.1, 0.15) is 11.5 Å². The number of likely N-dealkylation sites (tertiary alicyclic amines) is 1. The summed E-state index contributed by atoms with van der Waals surface area (Å²) in [6.07, 6.45) is -8.55. The highest BCUT2D eigenvalue weighted by atomic mass is 32.2. The number of amidine groups is 1. The van der Waals surface area contributed by atoms with Crippen LogP contribution in [0.3, 0.4) is 0 Å². The van der Waals surface area contributed by atoms with Crippen LogP contribution in [0.2, 0.25) is 0 Å². The van der Waals surface area contributed by atoms with E-state index in [2.05, 4.69) is 4.99 Å². The standard InChI is InChI=1S/C15H15F7N2OS/c1-9-6-10(16)11(7-12(9)26(25)8-14(17,18)19)23-13(15(20,21)22)24-4-2-3-5-24/h6-7H,2-5,8H2,1H3/b23-13+. The molecule has 0 amide bonds. The molecule has 1 heterocycles. The maximum atomic E-state index is 14.1. The number of benzene rings is 1. The summed E-state index contributed by atoms with van der Waals surface area (Å²) in [6, 6.07) is 1.43. The maximum Gasteiger partial charge on any atom is 0.449 e. The second-order valence-corrected chi connectivity index (χ2v) is 7.22. The summed E-state index contributed by atoms with van der Waals surface area (Å²) in [4.78, 5) is 3.87. The third kappa shape index (κ3) is 5.26. The fourth-order valence-electron chi connectivity index (χ4n) is 2.56. The van der Waals surface area contributed by atoms with Crippen LogP contribution in [0, 0.1) is 12.7 Å². The molecule has 2 rings (SSSR count). The van der Waals surface area contributed by atoms with Crippen molar-refractivity contribution in [1.82, 2.24) is 4.90 Å². The molecule has 1 aliphatic heterocycles. The van der Waals surface area contributed by atoms with Crippen LogP contribution in [0.4, 0.5) is 36.4 Å². The summed E-state index contributed by atoms with van der Waals surface area (Å²) in [6.45, 7) is 1.42. The SMILES string of the molecule is Cc1cc(F)c(/N=C(/N2CCCC2)C(F)(F)F)cc1[S+]([O-])CC(F)(F)F. The summed E-state index contributed by atoms with van der Waals surface area (Å²) < 4.78 is 103. The minimum atomic E-state index is -4.85. The van der Waals surface area contributed by atoms with Gasteiger partial charge in [0.25, 0.3) is 0 Å². The van der Waals surface area contributed by atoms with Crippen molar-refractivity contribution in [2.24, 2.45) is 4.99 Å². The van der Waals surface area contributed by atoms with Crippen LogP contribution in [0.25, 0.3) is 0 Å². The molecule has 3 nitrogen and oxygen atoms in total. The van der Waals surface area contributed by atoms with Gasteiger partial charge in [0.15, 0.2) is 4.90 Å². The molecule has 0 spiro atoms. The van der Waals surface area contributed by atoms with E-state index in [-0.39, 0.29) is 18.7 Å². The van der Waals surface area contributed by atoms with Gasteiger partial charge in [-0.1, -0.05) is 0 Å². The maximum absolute atomic E-state index is 14.1. The lowest BCUT2D eigenvalue weighted by atomic mass is 10.2. The first kappa shape index (κ1) is 20.8. The van der Waals surface area contributed by atoms with Gasteiger partial charge < -0.3 is 9.45 Å². The molecular weight excluding hydrogens is 389 g/mol. The minimum absolute atomic E-state index is 0.0567. The van der Waals surface area contributed by atoms with E-state index in [9.17, 15) is 35.3 Å². The van der Waals surface area contributed by atoms with Crippen molar-refractivity contribution >= 4 is 22.7 Å². The summed E-state index contributed by atoms with van der Waals surface area (Å²) in [5, 5.41) is 0. The van der Waals surface area contributed by atoms with E-state index < -0.39 is 51.5 Å². The highest BCUT2D eigenvalue weighted by Gasteiger charge is 2.41. The zero-order chi connectivity index (χ0) is 19.7. The molecule has 1 aromatic carbocycles. The Morgan fingerprint density at radius 1 is 1.15 bits per heavy atom. The summed E-state index contributed by atoms with van der Waals surface area (Å²) >= 11 is -2.58. The van der Waals surface area contributed by atoms with E-state index in [1.165, 1.54) is 6.92 Å². The Morgan fingerprint density at radius 2 is 1.73 bits per heavy atom. The van der Waals surface area contributed by atoms with Gasteiger partial charge in [-0.2, -0.15) is 26.3 Å². The lowest BCUT2D eigenvalue weighted by molar-refractivity contribution is -0.106. The summed E-state index contributed by atoms with van der Waals surface area (Å²) in [5.74, 6) is -4.12. The normalized spacial score (nSPS) is 17.7. The molecule has 1 saturated heterocycles. The molecule has 26 heavy (non-hydrogen) atoms. The molecule has 0 radical (unpaired) electrons. The molecule has 0 aromatic heterocycles. The number of alkyl halides is 6. The summed E-state index contributed by atoms with van der Waals surface area (Å²) in [5.41, 5.74) is -0.848. The van der Waals surface area contributed by atoms with Crippen molar-refractivity contribution in [1.29, 1.82) is 0 Å². The Bertz CT molecular complexity index is 682. The highest BCUT2D eigenvalue weighted by Crippen LogP contribution is 2.32. The molecule has 11 heteroatoms. The van der Waals surface area contributed by atoms with Crippen molar-refractivity contribution in [2.75, 3.05) is 18.8 Å². The lowest BCUT2D eigenvalue weighted by Gasteiger charge is -2.22. The number of hydrogen-bond acceptors (Lipinski definition) is 2. The number of hydrogen-bond donors (Lipinski definition) is 0. The van der Waals surface area contributed by atoms with Crippen LogP contribution in [0.5, 0.6) is 0 Å². The van der Waals surface area contributed by atoms with Gasteiger partial charge in [-0.15, -0.1) is 0 Å². The van der Waals surface area contributed by atoms with Crippen molar-refractivity contribution < 1.29 is 35.3 Å². The first-order valence-electron chi connectivity index (χ1n) is 7.54. The number of nitrogens with zero attached hydrogens (tertiary/aromatic N) is 2. The largest absolute Gasteiger partial charge is 0.611 e. The third-order valence-electron chi connectivity index (χ3n) is 3.67. The van der Waals surface area contributed by atoms with Crippen LogP contribution in [-0.4, -0.2) is 46.5 Å². The van der Waals surface area contributed by atoms with E-state index >= 15 is 0 Å². The fourth-order valence-corrected chi connectivity index (χ4v) is 3.67. The average molecular weight is 404 g/mol. The number of halogens is 7. The Morgan fingerprint density at radius 3 is 2.23 bits per heavy atom. The predicted molar refractivity (Wildman–Crippen MR) is 82.4 cm³/mol. The second kappa shape index (κ2) is 7.63. The van der Waals surface area contributed by atoms with Gasteiger partial charge in [-0.25, -0.2) is 9.38 Å². The lowest BCUT2D eigenvalue weighted by Crippen LogP contribution is -2.39. The van der Waals surface area contributed by atoms with Gasteiger partial charge in [0.05, 0.1) is 0 Å². The average Bonchev–Trinajstić information content (AvgIpc) is 2.96.